The van der Waals surface area contributed by atoms with Gasteiger partial charge in [0.1, 0.15) is 11.4 Å². The average Bonchev–Trinajstić information content (AvgIpc) is 2.70. The van der Waals surface area contributed by atoms with Crippen molar-refractivity contribution in [3.05, 3.63) is 11.4 Å². The van der Waals surface area contributed by atoms with Crippen molar-refractivity contribution < 1.29 is 0 Å². The number of hydrogen-bond acceptors (Lipinski definition) is 2. The standard InChI is InChI=1S/C8H5Cl10N3/c1-2-21-4(6(11,12)8(16,17)18)3(19-20-21)5(9,10)7(13,14)15/h2H2,1H3. The number of rotatable bonds is 3. The van der Waals surface area contributed by atoms with Gasteiger partial charge in [-0.15, -0.1) is 5.10 Å². The Bertz CT molecular complexity index is 511. The first kappa shape index (κ1) is 21.1. The highest BCUT2D eigenvalue weighted by molar-refractivity contribution is 6.76. The molecule has 0 radical (unpaired) electrons. The van der Waals surface area contributed by atoms with E-state index in [1.54, 1.807) is 6.92 Å². The van der Waals surface area contributed by atoms with Crippen LogP contribution in [0.2, 0.25) is 0 Å². The van der Waals surface area contributed by atoms with E-state index in [1.807, 2.05) is 0 Å². The maximum absolute atomic E-state index is 6.15. The van der Waals surface area contributed by atoms with E-state index in [1.165, 1.54) is 4.68 Å². The molecule has 0 saturated heterocycles. The summed E-state index contributed by atoms with van der Waals surface area (Å²) in [7, 11) is 0. The Morgan fingerprint density at radius 3 is 1.57 bits per heavy atom. The average molecular weight is 498 g/mol. The third-order valence-electron chi connectivity index (χ3n) is 2.34. The summed E-state index contributed by atoms with van der Waals surface area (Å²) in [6, 6.07) is 0. The van der Waals surface area contributed by atoms with E-state index in [0.29, 0.717) is 0 Å². The topological polar surface area (TPSA) is 30.7 Å². The fourth-order valence-electron chi connectivity index (χ4n) is 1.33. The van der Waals surface area contributed by atoms with Crippen molar-refractivity contribution in [3.8, 4) is 0 Å². The van der Waals surface area contributed by atoms with Crippen molar-refractivity contribution in [2.75, 3.05) is 0 Å². The van der Waals surface area contributed by atoms with Gasteiger partial charge in [0.25, 0.3) is 0 Å². The summed E-state index contributed by atoms with van der Waals surface area (Å²) in [5.74, 6) is 0. The van der Waals surface area contributed by atoms with Gasteiger partial charge < -0.3 is 0 Å². The second-order valence-corrected chi connectivity index (χ2v) is 11.0. The SMILES string of the molecule is CCn1nnc(C(Cl)(Cl)C(Cl)(Cl)Cl)c1C(Cl)(Cl)C(Cl)(Cl)Cl. The molecule has 0 aliphatic heterocycles. The number of halogens is 10. The summed E-state index contributed by atoms with van der Waals surface area (Å²) in [6.45, 7) is 1.98. The minimum atomic E-state index is -2.17. The van der Waals surface area contributed by atoms with Crippen molar-refractivity contribution in [3.63, 3.8) is 0 Å². The predicted octanol–water partition coefficient (Wildman–Crippen LogP) is 6.30. The van der Waals surface area contributed by atoms with Gasteiger partial charge >= 0.3 is 0 Å². The normalized spacial score (nSPS) is 14.6. The molecular formula is C8H5Cl10N3. The lowest BCUT2D eigenvalue weighted by Crippen LogP contribution is -2.37. The zero-order valence-corrected chi connectivity index (χ0v) is 17.4. The maximum Gasteiger partial charge on any atom is 0.228 e. The number of aryl methyl sites for hydroxylation is 1. The molecule has 0 bridgehead atoms. The first-order chi connectivity index (χ1) is 9.18. The van der Waals surface area contributed by atoms with Gasteiger partial charge in [-0.1, -0.05) is 121 Å². The number of hydrogen-bond donors (Lipinski definition) is 0. The molecule has 0 aliphatic rings. The molecule has 0 aromatic carbocycles. The summed E-state index contributed by atoms with van der Waals surface area (Å²) in [5.41, 5.74) is -0.325. The molecule has 1 aromatic heterocycles. The van der Waals surface area contributed by atoms with Crippen LogP contribution in [0.25, 0.3) is 0 Å². The molecule has 0 N–H and O–H groups in total. The predicted molar refractivity (Wildman–Crippen MR) is 93.0 cm³/mol. The molecule has 13 heteroatoms. The van der Waals surface area contributed by atoms with E-state index in [0.717, 1.165) is 0 Å². The maximum atomic E-state index is 6.15. The first-order valence-electron chi connectivity index (χ1n) is 5.01. The second kappa shape index (κ2) is 6.74. The van der Waals surface area contributed by atoms with Gasteiger partial charge in [0.2, 0.25) is 16.3 Å². The lowest BCUT2D eigenvalue weighted by molar-refractivity contribution is 0.580. The molecule has 3 nitrogen and oxygen atoms in total. The summed E-state index contributed by atoms with van der Waals surface area (Å²) < 4.78 is -7.33. The van der Waals surface area contributed by atoms with Crippen LogP contribution in [-0.2, 0) is 15.2 Å². The number of alkyl halides is 10. The van der Waals surface area contributed by atoms with Crippen LogP contribution in [0, 0.1) is 0 Å². The van der Waals surface area contributed by atoms with Crippen LogP contribution in [0.3, 0.4) is 0 Å². The van der Waals surface area contributed by atoms with Crippen molar-refractivity contribution in [1.82, 2.24) is 15.0 Å². The smallest absolute Gasteiger partial charge is 0.228 e. The van der Waals surface area contributed by atoms with Gasteiger partial charge in [-0.05, 0) is 6.92 Å². The molecule has 21 heavy (non-hydrogen) atoms. The Hall–Kier alpha value is 2.04. The van der Waals surface area contributed by atoms with Crippen LogP contribution < -0.4 is 0 Å². The highest BCUT2D eigenvalue weighted by Gasteiger charge is 2.58. The van der Waals surface area contributed by atoms with Gasteiger partial charge in [0, 0.05) is 6.54 Å². The van der Waals surface area contributed by atoms with Crippen molar-refractivity contribution in [1.29, 1.82) is 0 Å². The molecule has 0 saturated carbocycles. The molecule has 0 amide bonds. The molecule has 0 unspecified atom stereocenters. The van der Waals surface area contributed by atoms with Crippen molar-refractivity contribution >= 4 is 116 Å². The zero-order chi connectivity index (χ0) is 16.9. The molecule has 0 fully saturated rings. The molecule has 0 aliphatic carbocycles. The van der Waals surface area contributed by atoms with Crippen LogP contribution in [0.15, 0.2) is 0 Å². The summed E-state index contributed by atoms with van der Waals surface area (Å²) in [4.78, 5) is 0. The van der Waals surface area contributed by atoms with Crippen LogP contribution in [-0.4, -0.2) is 22.6 Å². The van der Waals surface area contributed by atoms with E-state index in [2.05, 4.69) is 10.3 Å². The monoisotopic (exact) mass is 493 g/mol. The lowest BCUT2D eigenvalue weighted by Gasteiger charge is -2.32. The lowest BCUT2D eigenvalue weighted by atomic mass is 10.2. The van der Waals surface area contributed by atoms with Crippen LogP contribution in [0.1, 0.15) is 18.3 Å². The van der Waals surface area contributed by atoms with Gasteiger partial charge in [-0.25, -0.2) is 4.68 Å². The van der Waals surface area contributed by atoms with Crippen molar-refractivity contribution in [2.24, 2.45) is 0 Å². The molecule has 0 spiro atoms. The van der Waals surface area contributed by atoms with E-state index in [9.17, 15) is 0 Å². The Morgan fingerprint density at radius 2 is 1.24 bits per heavy atom. The number of aromatic nitrogens is 3. The van der Waals surface area contributed by atoms with Gasteiger partial charge in [0.05, 0.1) is 0 Å². The summed E-state index contributed by atoms with van der Waals surface area (Å²) in [6.07, 6.45) is 0. The molecule has 122 valence electrons. The van der Waals surface area contributed by atoms with Crippen LogP contribution in [0.4, 0.5) is 0 Å². The fourth-order valence-corrected chi connectivity index (χ4v) is 2.49. The zero-order valence-electron chi connectivity index (χ0n) is 9.83. The Morgan fingerprint density at radius 1 is 0.810 bits per heavy atom. The van der Waals surface area contributed by atoms with Gasteiger partial charge in [-0.2, -0.15) is 0 Å². The van der Waals surface area contributed by atoms with E-state index in [4.69, 9.17) is 116 Å². The third kappa shape index (κ3) is 4.00. The fraction of sp³-hybridized carbons (Fsp3) is 0.750. The minimum Gasteiger partial charge on any atom is -0.246 e. The summed E-state index contributed by atoms with van der Waals surface area (Å²) in [5, 5.41) is 7.53. The van der Waals surface area contributed by atoms with Crippen molar-refractivity contribution in [2.45, 2.75) is 29.7 Å². The van der Waals surface area contributed by atoms with Crippen LogP contribution >= 0.6 is 116 Å². The van der Waals surface area contributed by atoms with E-state index in [-0.39, 0.29) is 17.9 Å². The van der Waals surface area contributed by atoms with Gasteiger partial charge in [-0.3, -0.25) is 0 Å². The molecular weight excluding hydrogens is 493 g/mol. The number of nitrogens with zero attached hydrogens (tertiary/aromatic N) is 3. The Balaban J connectivity index is 3.64. The van der Waals surface area contributed by atoms with Crippen LogP contribution in [0.5, 0.6) is 0 Å². The first-order valence-corrected chi connectivity index (χ1v) is 8.79. The highest BCUT2D eigenvalue weighted by atomic mass is 35.6. The highest BCUT2D eigenvalue weighted by Crippen LogP contribution is 2.59. The minimum absolute atomic E-state index is 0.0929. The third-order valence-corrected chi connectivity index (χ3v) is 7.05. The molecule has 1 aromatic rings. The molecule has 1 rings (SSSR count). The molecule has 0 atom stereocenters. The summed E-state index contributed by atoms with van der Waals surface area (Å²) >= 11 is 59.1. The van der Waals surface area contributed by atoms with Gasteiger partial charge in [0.15, 0.2) is 0 Å². The Labute approximate surface area is 170 Å². The second-order valence-electron chi connectivity index (χ2n) is 3.75. The largest absolute Gasteiger partial charge is 0.246 e. The Kier molecular flexibility index (Phi) is 6.77. The van der Waals surface area contributed by atoms with E-state index >= 15 is 0 Å². The molecule has 1 heterocycles. The quantitative estimate of drug-likeness (QED) is 0.459. The van der Waals surface area contributed by atoms with E-state index < -0.39 is 16.3 Å².